The maximum Gasteiger partial charge on any atom is 0.187 e. The maximum atomic E-state index is 10.6. The zero-order valence-electron chi connectivity index (χ0n) is 17.0. The van der Waals surface area contributed by atoms with E-state index in [0.29, 0.717) is 6.42 Å². The normalized spacial score (nSPS) is 41.3. The van der Waals surface area contributed by atoms with E-state index in [-0.39, 0.29) is 12.4 Å². The number of benzene rings is 1. The Kier molecular flexibility index (Phi) is 8.21. The van der Waals surface area contributed by atoms with Gasteiger partial charge in [-0.05, 0) is 31.0 Å². The quantitative estimate of drug-likeness (QED) is 0.237. The summed E-state index contributed by atoms with van der Waals surface area (Å²) in [5, 5.41) is 69.6. The molecule has 11 nitrogen and oxygen atoms in total. The van der Waals surface area contributed by atoms with Crippen LogP contribution in [0.2, 0.25) is 0 Å². The minimum Gasteiger partial charge on any atom is -0.508 e. The van der Waals surface area contributed by atoms with E-state index in [0.717, 1.165) is 5.56 Å². The smallest absolute Gasteiger partial charge is 0.187 e. The van der Waals surface area contributed by atoms with E-state index in [1.165, 1.54) is 0 Å². The highest BCUT2D eigenvalue weighted by atomic mass is 16.7. The van der Waals surface area contributed by atoms with Crippen molar-refractivity contribution >= 4 is 0 Å². The number of rotatable bonds is 7. The van der Waals surface area contributed by atoms with Crippen LogP contribution < -0.4 is 0 Å². The lowest BCUT2D eigenvalue weighted by Crippen LogP contribution is -2.64. The van der Waals surface area contributed by atoms with Crippen LogP contribution in [0.15, 0.2) is 24.3 Å². The van der Waals surface area contributed by atoms with Gasteiger partial charge in [-0.3, -0.25) is 0 Å². The first-order chi connectivity index (χ1) is 14.7. The fraction of sp³-hybridized carbons (Fsp3) is 0.700. The van der Waals surface area contributed by atoms with Crippen LogP contribution >= 0.6 is 0 Å². The molecule has 0 saturated carbocycles. The first-order valence-corrected chi connectivity index (χ1v) is 10.1. The molecule has 7 N–H and O–H groups in total. The summed E-state index contributed by atoms with van der Waals surface area (Å²) < 4.78 is 22.0. The van der Waals surface area contributed by atoms with Crippen LogP contribution in [0.4, 0.5) is 0 Å². The van der Waals surface area contributed by atoms with Crippen molar-refractivity contribution in [2.45, 2.75) is 74.8 Å². The van der Waals surface area contributed by atoms with Crippen molar-refractivity contribution in [3.05, 3.63) is 29.8 Å². The van der Waals surface area contributed by atoms with Gasteiger partial charge in [0.05, 0.1) is 19.3 Å². The summed E-state index contributed by atoms with van der Waals surface area (Å²) in [5.74, 6) is 0.145. The molecule has 0 radical (unpaired) electrons. The molecule has 0 aromatic heterocycles. The minimum absolute atomic E-state index is 0.145. The van der Waals surface area contributed by atoms with Crippen molar-refractivity contribution in [1.29, 1.82) is 0 Å². The molecule has 0 bridgehead atoms. The molecule has 2 heterocycles. The molecular formula is C20H30O11. The fourth-order valence-corrected chi connectivity index (χ4v) is 3.59. The highest BCUT2D eigenvalue weighted by Crippen LogP contribution is 2.29. The summed E-state index contributed by atoms with van der Waals surface area (Å²) in [6.45, 7) is 1.09. The lowest BCUT2D eigenvalue weighted by atomic mass is 9.97. The van der Waals surface area contributed by atoms with Gasteiger partial charge in [0, 0.05) is 0 Å². The predicted molar refractivity (Wildman–Crippen MR) is 103 cm³/mol. The Morgan fingerprint density at radius 2 is 1.52 bits per heavy atom. The molecule has 0 amide bonds. The summed E-state index contributed by atoms with van der Waals surface area (Å²) in [5.41, 5.74) is 0.894. The third-order valence-corrected chi connectivity index (χ3v) is 5.53. The standard InChI is InChI=1S/C20H30O11/c1-9-13(23)18(31-20-16(26)15(25)14(24)12(8-21)30-20)17(27)19(29-9)28-7-6-10-2-4-11(22)5-3-10/h2-5,9,12-27H,6-8H2,1H3/t9-,12-,13-,14-,15+,16-,17-,18-,19-,20+/m1/s1. The molecule has 0 spiro atoms. The molecule has 0 aliphatic carbocycles. The average molecular weight is 446 g/mol. The van der Waals surface area contributed by atoms with Gasteiger partial charge in [-0.15, -0.1) is 0 Å². The van der Waals surface area contributed by atoms with Crippen molar-refractivity contribution in [2.75, 3.05) is 13.2 Å². The molecule has 1 aromatic rings. The number of aromatic hydroxyl groups is 1. The number of phenolic OH excluding ortho intramolecular Hbond substituents is 1. The van der Waals surface area contributed by atoms with Crippen LogP contribution in [0.3, 0.4) is 0 Å². The van der Waals surface area contributed by atoms with Gasteiger partial charge in [-0.1, -0.05) is 12.1 Å². The highest BCUT2D eigenvalue weighted by Gasteiger charge is 2.50. The Bertz CT molecular complexity index is 684. The van der Waals surface area contributed by atoms with Gasteiger partial charge in [0.15, 0.2) is 12.6 Å². The topological polar surface area (TPSA) is 179 Å². The average Bonchev–Trinajstić information content (AvgIpc) is 2.76. The predicted octanol–water partition coefficient (Wildman–Crippen LogP) is -2.40. The van der Waals surface area contributed by atoms with Gasteiger partial charge in [-0.25, -0.2) is 0 Å². The summed E-state index contributed by atoms with van der Waals surface area (Å²) >= 11 is 0. The zero-order chi connectivity index (χ0) is 22.7. The maximum absolute atomic E-state index is 10.6. The van der Waals surface area contributed by atoms with E-state index >= 15 is 0 Å². The number of aliphatic hydroxyl groups is 6. The molecule has 0 unspecified atom stereocenters. The Morgan fingerprint density at radius 1 is 0.839 bits per heavy atom. The van der Waals surface area contributed by atoms with Crippen LogP contribution in [-0.4, -0.2) is 110 Å². The van der Waals surface area contributed by atoms with E-state index in [1.54, 1.807) is 31.2 Å². The molecule has 2 saturated heterocycles. The molecule has 11 heteroatoms. The summed E-state index contributed by atoms with van der Waals surface area (Å²) in [6.07, 6.45) is -13.1. The second-order valence-corrected chi connectivity index (χ2v) is 7.78. The number of phenols is 1. The van der Waals surface area contributed by atoms with Crippen molar-refractivity contribution < 1.29 is 54.7 Å². The molecule has 3 rings (SSSR count). The third kappa shape index (κ3) is 5.52. The molecule has 2 fully saturated rings. The molecule has 176 valence electrons. The van der Waals surface area contributed by atoms with Gasteiger partial charge in [-0.2, -0.15) is 0 Å². The van der Waals surface area contributed by atoms with Gasteiger partial charge in [0.25, 0.3) is 0 Å². The minimum atomic E-state index is -1.68. The van der Waals surface area contributed by atoms with E-state index in [2.05, 4.69) is 0 Å². The number of aliphatic hydroxyl groups excluding tert-OH is 6. The fourth-order valence-electron chi connectivity index (χ4n) is 3.59. The molecular weight excluding hydrogens is 416 g/mol. The van der Waals surface area contributed by atoms with Crippen LogP contribution in [0.1, 0.15) is 12.5 Å². The number of hydrogen-bond donors (Lipinski definition) is 7. The molecule has 31 heavy (non-hydrogen) atoms. The molecule has 2 aliphatic heterocycles. The van der Waals surface area contributed by atoms with Gasteiger partial charge >= 0.3 is 0 Å². The summed E-state index contributed by atoms with van der Waals surface area (Å²) in [6, 6.07) is 6.55. The van der Waals surface area contributed by atoms with Crippen LogP contribution in [-0.2, 0) is 25.4 Å². The van der Waals surface area contributed by atoms with Crippen molar-refractivity contribution in [2.24, 2.45) is 0 Å². The van der Waals surface area contributed by atoms with Crippen LogP contribution in [0.25, 0.3) is 0 Å². The summed E-state index contributed by atoms with van der Waals surface area (Å²) in [7, 11) is 0. The van der Waals surface area contributed by atoms with Crippen molar-refractivity contribution in [1.82, 2.24) is 0 Å². The largest absolute Gasteiger partial charge is 0.508 e. The van der Waals surface area contributed by atoms with Crippen molar-refractivity contribution in [3.63, 3.8) is 0 Å². The first-order valence-electron chi connectivity index (χ1n) is 10.1. The third-order valence-electron chi connectivity index (χ3n) is 5.53. The monoisotopic (exact) mass is 446 g/mol. The second kappa shape index (κ2) is 10.5. The first kappa shape index (κ1) is 24.3. The second-order valence-electron chi connectivity index (χ2n) is 7.78. The van der Waals surface area contributed by atoms with Crippen LogP contribution in [0, 0.1) is 0 Å². The van der Waals surface area contributed by atoms with Gasteiger partial charge < -0.3 is 54.7 Å². The van der Waals surface area contributed by atoms with E-state index in [9.17, 15) is 35.7 Å². The number of ether oxygens (including phenoxy) is 4. The highest BCUT2D eigenvalue weighted by molar-refractivity contribution is 5.25. The molecule has 1 aromatic carbocycles. The lowest BCUT2D eigenvalue weighted by molar-refractivity contribution is -0.357. The lowest BCUT2D eigenvalue weighted by Gasteiger charge is -2.45. The SMILES string of the molecule is C[C@H]1O[C@@H](OCCc2ccc(O)cc2)[C@H](O)[C@H](O[C@@H]2O[C@H](CO)[C@@H](O)[C@H](O)[C@H]2O)[C@@H]1O. The Balaban J connectivity index is 1.62. The van der Waals surface area contributed by atoms with E-state index in [1.807, 2.05) is 0 Å². The van der Waals surface area contributed by atoms with Crippen molar-refractivity contribution in [3.8, 4) is 5.75 Å². The Labute approximate surface area is 179 Å². The Morgan fingerprint density at radius 3 is 2.16 bits per heavy atom. The number of hydrogen-bond acceptors (Lipinski definition) is 11. The van der Waals surface area contributed by atoms with E-state index < -0.39 is 68.0 Å². The van der Waals surface area contributed by atoms with Gasteiger partial charge in [0.1, 0.15) is 48.5 Å². The zero-order valence-corrected chi connectivity index (χ0v) is 17.0. The molecule has 2 aliphatic rings. The Hall–Kier alpha value is -1.38. The van der Waals surface area contributed by atoms with Crippen LogP contribution in [0.5, 0.6) is 5.75 Å². The summed E-state index contributed by atoms with van der Waals surface area (Å²) in [4.78, 5) is 0. The van der Waals surface area contributed by atoms with Gasteiger partial charge in [0.2, 0.25) is 0 Å². The van der Waals surface area contributed by atoms with E-state index in [4.69, 9.17) is 18.9 Å². The molecule has 10 atom stereocenters.